The van der Waals surface area contributed by atoms with Crippen LogP contribution in [-0.4, -0.2) is 31.0 Å². The summed E-state index contributed by atoms with van der Waals surface area (Å²) in [7, 11) is 1.65. The summed E-state index contributed by atoms with van der Waals surface area (Å²) in [5.41, 5.74) is 0.115. The maximum atomic E-state index is 12.7. The molecule has 0 aliphatic rings. The Morgan fingerprint density at radius 2 is 1.70 bits per heavy atom. The van der Waals surface area contributed by atoms with Gasteiger partial charge in [-0.15, -0.1) is 0 Å². The van der Waals surface area contributed by atoms with E-state index in [-0.39, 0.29) is 25.4 Å². The number of carboxylic acids is 1. The fraction of sp³-hybridized carbons (Fsp3) is 0.316. The number of alkyl halides is 3. The second-order valence-electron chi connectivity index (χ2n) is 5.94. The zero-order chi connectivity index (χ0) is 19.2. The summed E-state index contributed by atoms with van der Waals surface area (Å²) in [6.07, 6.45) is -4.35. The van der Waals surface area contributed by atoms with Crippen LogP contribution in [0.15, 0.2) is 54.6 Å². The molecule has 0 bridgehead atoms. The standard InChI is InChI=1S/C19H20F3NO3.Li/c1-23(13-18(24)25)12-11-17(14-5-3-2-4-6-14)26-16-9-7-15(8-10-16)19(20,21)22;/h2-10,17H,11-13H2,1H3,(H,24,25);/q;+1/p-1/t17-;/m0./s1. The molecule has 2 aromatic rings. The molecule has 0 fully saturated rings. The number of aliphatic carboxylic acids is 1. The first-order chi connectivity index (χ1) is 12.3. The number of hydrogen-bond donors (Lipinski definition) is 0. The molecular formula is C19H19F3LiNO3. The number of carbonyl (C=O) groups is 1. The number of benzene rings is 2. The minimum atomic E-state index is -4.40. The van der Waals surface area contributed by atoms with E-state index in [0.717, 1.165) is 17.7 Å². The minimum absolute atomic E-state index is 0. The van der Waals surface area contributed by atoms with Crippen molar-refractivity contribution in [2.75, 3.05) is 20.1 Å². The Morgan fingerprint density at radius 1 is 1.11 bits per heavy atom. The SMILES string of the molecule is CN(CC[C@H](Oc1ccc(C(F)(F)F)cc1)c1ccccc1)CC(=O)[O-].[Li+]. The zero-order valence-corrected chi connectivity index (χ0v) is 15.2. The van der Waals surface area contributed by atoms with Crippen LogP contribution in [0, 0.1) is 0 Å². The average molecular weight is 373 g/mol. The summed E-state index contributed by atoms with van der Waals surface area (Å²) in [5.74, 6) is -0.859. The van der Waals surface area contributed by atoms with Crippen LogP contribution in [-0.2, 0) is 11.0 Å². The van der Waals surface area contributed by atoms with E-state index in [1.54, 1.807) is 11.9 Å². The number of halogens is 3. The van der Waals surface area contributed by atoms with Gasteiger partial charge in [0, 0.05) is 19.5 Å². The second-order valence-corrected chi connectivity index (χ2v) is 5.94. The molecule has 0 N–H and O–H groups in total. The van der Waals surface area contributed by atoms with Crippen LogP contribution in [0.2, 0.25) is 0 Å². The van der Waals surface area contributed by atoms with Crippen molar-refractivity contribution < 1.29 is 46.7 Å². The summed E-state index contributed by atoms with van der Waals surface area (Å²) >= 11 is 0. The molecule has 0 aromatic heterocycles. The molecule has 0 heterocycles. The molecule has 0 aliphatic carbocycles. The van der Waals surface area contributed by atoms with E-state index in [1.807, 2.05) is 30.3 Å². The van der Waals surface area contributed by atoms with Crippen LogP contribution in [0.1, 0.15) is 23.7 Å². The van der Waals surface area contributed by atoms with E-state index in [0.29, 0.717) is 18.7 Å². The van der Waals surface area contributed by atoms with Crippen molar-refractivity contribution in [1.29, 1.82) is 0 Å². The van der Waals surface area contributed by atoms with Crippen LogP contribution < -0.4 is 28.7 Å². The predicted octanol–water partition coefficient (Wildman–Crippen LogP) is -0.0987. The quantitative estimate of drug-likeness (QED) is 0.607. The second kappa shape index (κ2) is 10.4. The van der Waals surface area contributed by atoms with Gasteiger partial charge in [0.1, 0.15) is 11.9 Å². The van der Waals surface area contributed by atoms with Gasteiger partial charge in [0.2, 0.25) is 0 Å². The molecule has 0 aliphatic heterocycles. The Labute approximate surface area is 168 Å². The smallest absolute Gasteiger partial charge is 0.549 e. The molecule has 2 rings (SSSR count). The Morgan fingerprint density at radius 3 is 2.22 bits per heavy atom. The van der Waals surface area contributed by atoms with Gasteiger partial charge in [-0.25, -0.2) is 0 Å². The van der Waals surface area contributed by atoms with Crippen LogP contribution in [0.3, 0.4) is 0 Å². The minimum Gasteiger partial charge on any atom is -0.549 e. The number of rotatable bonds is 8. The van der Waals surface area contributed by atoms with Gasteiger partial charge in [0.05, 0.1) is 11.5 Å². The molecule has 27 heavy (non-hydrogen) atoms. The molecule has 0 unspecified atom stereocenters. The normalized spacial score (nSPS) is 12.3. The first-order valence-electron chi connectivity index (χ1n) is 8.03. The number of ether oxygens (including phenoxy) is 1. The van der Waals surface area contributed by atoms with Crippen LogP contribution >= 0.6 is 0 Å². The van der Waals surface area contributed by atoms with Gasteiger partial charge in [0.15, 0.2) is 0 Å². The van der Waals surface area contributed by atoms with Gasteiger partial charge in [-0.2, -0.15) is 13.2 Å². The molecular weight excluding hydrogens is 354 g/mol. The van der Waals surface area contributed by atoms with E-state index < -0.39 is 23.8 Å². The Bertz CT molecular complexity index is 708. The fourth-order valence-electron chi connectivity index (χ4n) is 2.49. The number of hydrogen-bond acceptors (Lipinski definition) is 4. The molecule has 0 amide bonds. The molecule has 0 spiro atoms. The van der Waals surface area contributed by atoms with Gasteiger partial charge in [0.25, 0.3) is 0 Å². The number of nitrogens with zero attached hydrogens (tertiary/aromatic N) is 1. The van der Waals surface area contributed by atoms with Crippen molar-refractivity contribution in [1.82, 2.24) is 4.90 Å². The summed E-state index contributed by atoms with van der Waals surface area (Å²) < 4.78 is 43.9. The third kappa shape index (κ3) is 7.67. The summed E-state index contributed by atoms with van der Waals surface area (Å²) in [6, 6.07) is 13.7. The summed E-state index contributed by atoms with van der Waals surface area (Å²) in [6.45, 7) is 0.218. The van der Waals surface area contributed by atoms with Crippen LogP contribution in [0.4, 0.5) is 13.2 Å². The van der Waals surface area contributed by atoms with E-state index >= 15 is 0 Å². The van der Waals surface area contributed by atoms with Gasteiger partial charge >= 0.3 is 25.0 Å². The summed E-state index contributed by atoms with van der Waals surface area (Å²) in [4.78, 5) is 12.2. The molecule has 4 nitrogen and oxygen atoms in total. The first kappa shape index (κ1) is 23.1. The topological polar surface area (TPSA) is 52.6 Å². The molecule has 2 aromatic carbocycles. The predicted molar refractivity (Wildman–Crippen MR) is 88.4 cm³/mol. The third-order valence-corrected chi connectivity index (χ3v) is 3.80. The number of likely N-dealkylation sites (N-methyl/N-ethyl adjacent to an activating group) is 1. The molecule has 0 radical (unpaired) electrons. The molecule has 0 saturated carbocycles. The number of carboxylic acid groups (broad SMARTS) is 1. The molecule has 8 heteroatoms. The van der Waals surface area contributed by atoms with Crippen molar-refractivity contribution in [2.45, 2.75) is 18.7 Å². The first-order valence-corrected chi connectivity index (χ1v) is 8.03. The molecule has 0 saturated heterocycles. The van der Waals surface area contributed by atoms with E-state index in [9.17, 15) is 23.1 Å². The zero-order valence-electron chi connectivity index (χ0n) is 15.2. The van der Waals surface area contributed by atoms with E-state index in [4.69, 9.17) is 4.74 Å². The summed E-state index contributed by atoms with van der Waals surface area (Å²) in [5, 5.41) is 10.7. The van der Waals surface area contributed by atoms with Crippen molar-refractivity contribution in [3.8, 4) is 5.75 Å². The monoisotopic (exact) mass is 373 g/mol. The van der Waals surface area contributed by atoms with Crippen LogP contribution in [0.5, 0.6) is 5.75 Å². The van der Waals surface area contributed by atoms with Gasteiger partial charge in [-0.3, -0.25) is 0 Å². The maximum Gasteiger partial charge on any atom is 1.00 e. The van der Waals surface area contributed by atoms with Gasteiger partial charge < -0.3 is 19.5 Å². The third-order valence-electron chi connectivity index (χ3n) is 3.80. The van der Waals surface area contributed by atoms with Crippen molar-refractivity contribution in [3.63, 3.8) is 0 Å². The Kier molecular flexibility index (Phi) is 8.90. The van der Waals surface area contributed by atoms with Crippen molar-refractivity contribution >= 4 is 5.97 Å². The Balaban J connectivity index is 0.00000364. The van der Waals surface area contributed by atoms with Gasteiger partial charge in [-0.05, 0) is 36.9 Å². The maximum absolute atomic E-state index is 12.7. The van der Waals surface area contributed by atoms with Crippen molar-refractivity contribution in [3.05, 3.63) is 65.7 Å². The number of carbonyl (C=O) groups excluding carboxylic acids is 1. The Hall–Kier alpha value is -1.94. The average Bonchev–Trinajstić information content (AvgIpc) is 2.58. The van der Waals surface area contributed by atoms with E-state index in [1.165, 1.54) is 12.1 Å². The van der Waals surface area contributed by atoms with E-state index in [2.05, 4.69) is 0 Å². The van der Waals surface area contributed by atoms with Crippen LogP contribution in [0.25, 0.3) is 0 Å². The molecule has 1 atom stereocenters. The largest absolute Gasteiger partial charge is 1.00 e. The molecule has 140 valence electrons. The fourth-order valence-corrected chi connectivity index (χ4v) is 2.49. The van der Waals surface area contributed by atoms with Gasteiger partial charge in [-0.1, -0.05) is 30.3 Å². The van der Waals surface area contributed by atoms with Crippen molar-refractivity contribution in [2.24, 2.45) is 0 Å².